The number of para-hydroxylation sites is 1. The standard InChI is InChI=1S/C16H10ClNO/c17-13-6-7-14(12(9-13)10-19)15-5-1-3-11-4-2-8-18-16(11)15/h1-10H. The predicted molar refractivity (Wildman–Crippen MR) is 77.6 cm³/mol. The van der Waals surface area contributed by atoms with Gasteiger partial charge in [0.2, 0.25) is 0 Å². The molecule has 3 rings (SSSR count). The highest BCUT2D eigenvalue weighted by molar-refractivity contribution is 6.31. The molecule has 0 aliphatic rings. The van der Waals surface area contributed by atoms with Crippen molar-refractivity contribution in [2.75, 3.05) is 0 Å². The van der Waals surface area contributed by atoms with Gasteiger partial charge in [0, 0.05) is 27.7 Å². The maximum absolute atomic E-state index is 11.2. The highest BCUT2D eigenvalue weighted by Gasteiger charge is 2.09. The Labute approximate surface area is 115 Å². The van der Waals surface area contributed by atoms with E-state index < -0.39 is 0 Å². The van der Waals surface area contributed by atoms with E-state index in [2.05, 4.69) is 4.98 Å². The summed E-state index contributed by atoms with van der Waals surface area (Å²) < 4.78 is 0. The van der Waals surface area contributed by atoms with Gasteiger partial charge in [-0.05, 0) is 23.8 Å². The van der Waals surface area contributed by atoms with Crippen LogP contribution in [0, 0.1) is 0 Å². The molecule has 1 aromatic heterocycles. The average Bonchev–Trinajstić information content (AvgIpc) is 2.46. The van der Waals surface area contributed by atoms with E-state index in [4.69, 9.17) is 11.6 Å². The van der Waals surface area contributed by atoms with Crippen molar-refractivity contribution in [2.24, 2.45) is 0 Å². The number of aromatic nitrogens is 1. The molecule has 2 nitrogen and oxygen atoms in total. The number of carbonyl (C=O) groups is 1. The Morgan fingerprint density at radius 1 is 1.00 bits per heavy atom. The largest absolute Gasteiger partial charge is 0.298 e. The summed E-state index contributed by atoms with van der Waals surface area (Å²) in [7, 11) is 0. The van der Waals surface area contributed by atoms with E-state index in [0.29, 0.717) is 10.6 Å². The van der Waals surface area contributed by atoms with Gasteiger partial charge in [0.1, 0.15) is 0 Å². The second-order valence-electron chi connectivity index (χ2n) is 4.23. The molecule has 0 radical (unpaired) electrons. The SMILES string of the molecule is O=Cc1cc(Cl)ccc1-c1cccc2cccnc12. The molecule has 1 heterocycles. The van der Waals surface area contributed by atoms with Gasteiger partial charge < -0.3 is 0 Å². The van der Waals surface area contributed by atoms with Crippen LogP contribution in [0.3, 0.4) is 0 Å². The van der Waals surface area contributed by atoms with Crippen LogP contribution < -0.4 is 0 Å². The third-order valence-electron chi connectivity index (χ3n) is 3.06. The summed E-state index contributed by atoms with van der Waals surface area (Å²) in [5.41, 5.74) is 3.25. The molecular formula is C16H10ClNO. The topological polar surface area (TPSA) is 30.0 Å². The van der Waals surface area contributed by atoms with Gasteiger partial charge in [0.05, 0.1) is 5.52 Å². The summed E-state index contributed by atoms with van der Waals surface area (Å²) in [6, 6.07) is 15.1. The molecule has 3 aromatic rings. The van der Waals surface area contributed by atoms with Crippen molar-refractivity contribution in [2.45, 2.75) is 0 Å². The van der Waals surface area contributed by atoms with Gasteiger partial charge in [-0.25, -0.2) is 0 Å². The minimum absolute atomic E-state index is 0.555. The second kappa shape index (κ2) is 4.82. The van der Waals surface area contributed by atoms with Crippen LogP contribution in [-0.2, 0) is 0 Å². The molecule has 0 N–H and O–H groups in total. The second-order valence-corrected chi connectivity index (χ2v) is 4.67. The van der Waals surface area contributed by atoms with Crippen molar-refractivity contribution in [1.29, 1.82) is 0 Å². The molecule has 92 valence electrons. The number of fused-ring (bicyclic) bond motifs is 1. The van der Waals surface area contributed by atoms with Gasteiger partial charge in [-0.1, -0.05) is 41.9 Å². The zero-order valence-corrected chi connectivity index (χ0v) is 10.8. The third-order valence-corrected chi connectivity index (χ3v) is 3.30. The molecule has 0 bridgehead atoms. The Bertz CT molecular complexity index is 762. The summed E-state index contributed by atoms with van der Waals surface area (Å²) in [5, 5.41) is 1.60. The molecule has 0 atom stereocenters. The van der Waals surface area contributed by atoms with Crippen molar-refractivity contribution < 1.29 is 4.79 Å². The molecule has 3 heteroatoms. The van der Waals surface area contributed by atoms with E-state index >= 15 is 0 Å². The predicted octanol–water partition coefficient (Wildman–Crippen LogP) is 4.37. The van der Waals surface area contributed by atoms with Crippen molar-refractivity contribution in [3.63, 3.8) is 0 Å². The van der Waals surface area contributed by atoms with Crippen LogP contribution in [0.25, 0.3) is 22.0 Å². The first-order valence-electron chi connectivity index (χ1n) is 5.88. The van der Waals surface area contributed by atoms with E-state index in [0.717, 1.165) is 28.3 Å². The maximum Gasteiger partial charge on any atom is 0.150 e. The van der Waals surface area contributed by atoms with Crippen LogP contribution in [0.5, 0.6) is 0 Å². The number of benzene rings is 2. The average molecular weight is 268 g/mol. The summed E-state index contributed by atoms with van der Waals surface area (Å²) >= 11 is 5.93. The fraction of sp³-hybridized carbons (Fsp3) is 0. The molecule has 19 heavy (non-hydrogen) atoms. The zero-order valence-electron chi connectivity index (χ0n) is 10.0. The molecule has 0 aliphatic heterocycles. The van der Waals surface area contributed by atoms with Gasteiger partial charge in [0.15, 0.2) is 6.29 Å². The summed E-state index contributed by atoms with van der Waals surface area (Å²) in [6.45, 7) is 0. The molecule has 2 aromatic carbocycles. The molecular weight excluding hydrogens is 258 g/mol. The first-order chi connectivity index (χ1) is 9.29. The quantitative estimate of drug-likeness (QED) is 0.646. The normalized spacial score (nSPS) is 10.6. The fourth-order valence-electron chi connectivity index (χ4n) is 2.20. The molecule has 0 unspecified atom stereocenters. The van der Waals surface area contributed by atoms with Crippen LogP contribution >= 0.6 is 11.6 Å². The van der Waals surface area contributed by atoms with Crippen molar-refractivity contribution >= 4 is 28.8 Å². The Morgan fingerprint density at radius 3 is 2.68 bits per heavy atom. The molecule has 0 aliphatic carbocycles. The maximum atomic E-state index is 11.2. The zero-order chi connectivity index (χ0) is 13.2. The lowest BCUT2D eigenvalue weighted by atomic mass is 9.98. The minimum atomic E-state index is 0.555. The Kier molecular flexibility index (Phi) is 3.02. The highest BCUT2D eigenvalue weighted by atomic mass is 35.5. The van der Waals surface area contributed by atoms with Gasteiger partial charge >= 0.3 is 0 Å². The lowest BCUT2D eigenvalue weighted by molar-refractivity contribution is 0.112. The Balaban J connectivity index is 2.33. The Morgan fingerprint density at radius 2 is 1.84 bits per heavy atom. The van der Waals surface area contributed by atoms with Crippen LogP contribution in [-0.4, -0.2) is 11.3 Å². The van der Waals surface area contributed by atoms with E-state index in [9.17, 15) is 4.79 Å². The van der Waals surface area contributed by atoms with Gasteiger partial charge in [-0.15, -0.1) is 0 Å². The van der Waals surface area contributed by atoms with Crippen molar-refractivity contribution in [3.8, 4) is 11.1 Å². The highest BCUT2D eigenvalue weighted by Crippen LogP contribution is 2.30. The third kappa shape index (κ3) is 2.11. The molecule has 0 amide bonds. The van der Waals surface area contributed by atoms with Crippen LogP contribution in [0.2, 0.25) is 5.02 Å². The molecule has 0 saturated carbocycles. The van der Waals surface area contributed by atoms with E-state index in [1.54, 1.807) is 18.3 Å². The lowest BCUT2D eigenvalue weighted by Gasteiger charge is -2.08. The first-order valence-corrected chi connectivity index (χ1v) is 6.26. The molecule has 0 saturated heterocycles. The number of aldehydes is 1. The number of pyridine rings is 1. The number of carbonyl (C=O) groups excluding carboxylic acids is 1. The number of hydrogen-bond acceptors (Lipinski definition) is 2. The number of nitrogens with zero attached hydrogens (tertiary/aromatic N) is 1. The fourth-order valence-corrected chi connectivity index (χ4v) is 2.38. The molecule has 0 fully saturated rings. The number of rotatable bonds is 2. The smallest absolute Gasteiger partial charge is 0.150 e. The van der Waals surface area contributed by atoms with Gasteiger partial charge in [-0.3, -0.25) is 9.78 Å². The van der Waals surface area contributed by atoms with Gasteiger partial charge in [0.25, 0.3) is 0 Å². The lowest BCUT2D eigenvalue weighted by Crippen LogP contribution is -1.90. The van der Waals surface area contributed by atoms with E-state index in [1.807, 2.05) is 36.4 Å². The Hall–Kier alpha value is -2.19. The summed E-state index contributed by atoms with van der Waals surface area (Å²) in [4.78, 5) is 15.6. The van der Waals surface area contributed by atoms with Crippen LogP contribution in [0.1, 0.15) is 10.4 Å². The number of hydrogen-bond donors (Lipinski definition) is 0. The molecule has 0 spiro atoms. The first kappa shape index (κ1) is 11.9. The van der Waals surface area contributed by atoms with E-state index in [-0.39, 0.29) is 0 Å². The van der Waals surface area contributed by atoms with Crippen LogP contribution in [0.15, 0.2) is 54.7 Å². The van der Waals surface area contributed by atoms with Gasteiger partial charge in [-0.2, -0.15) is 0 Å². The summed E-state index contributed by atoms with van der Waals surface area (Å²) in [5.74, 6) is 0. The minimum Gasteiger partial charge on any atom is -0.298 e. The number of halogens is 1. The monoisotopic (exact) mass is 267 g/mol. The van der Waals surface area contributed by atoms with E-state index in [1.165, 1.54) is 0 Å². The van der Waals surface area contributed by atoms with Crippen molar-refractivity contribution in [3.05, 3.63) is 65.3 Å². The van der Waals surface area contributed by atoms with Crippen molar-refractivity contribution in [1.82, 2.24) is 4.98 Å². The van der Waals surface area contributed by atoms with Crippen LogP contribution in [0.4, 0.5) is 0 Å². The summed E-state index contributed by atoms with van der Waals surface area (Å²) in [6.07, 6.45) is 2.57.